The van der Waals surface area contributed by atoms with Crippen molar-refractivity contribution in [3.63, 3.8) is 0 Å². The van der Waals surface area contributed by atoms with Gasteiger partial charge in [-0.3, -0.25) is 0 Å². The van der Waals surface area contributed by atoms with E-state index in [0.717, 1.165) is 0 Å². The Kier molecular flexibility index (Phi) is 5.01. The maximum Gasteiger partial charge on any atom is 0.428 e. The van der Waals surface area contributed by atoms with Crippen LogP contribution in [0.3, 0.4) is 0 Å². The van der Waals surface area contributed by atoms with Crippen LogP contribution in [0, 0.1) is 11.8 Å². The topological polar surface area (TPSA) is 124 Å². The lowest BCUT2D eigenvalue weighted by Gasteiger charge is -2.45. The number of thioether (sulfide) groups is 1. The molecule has 0 saturated carbocycles. The molecule has 146 valence electrons. The van der Waals surface area contributed by atoms with Gasteiger partial charge in [0.25, 0.3) is 0 Å². The monoisotopic (exact) mass is 403 g/mol. The zero-order chi connectivity index (χ0) is 19.6. The van der Waals surface area contributed by atoms with E-state index in [-0.39, 0.29) is 17.6 Å². The standard InChI is InChI=1S/C14H22F2O7S2/c1-12(2,18)8-7-5-6(10(24-7)9(8)13(3,4)19)23-11(17)14(15,16)25(20,21)22/h6-10,18-19H,5H2,1-4H3,(H,20,21,22)/p-1. The van der Waals surface area contributed by atoms with E-state index in [4.69, 9.17) is 0 Å². The Morgan fingerprint density at radius 1 is 1.16 bits per heavy atom. The van der Waals surface area contributed by atoms with Crippen LogP contribution >= 0.6 is 11.8 Å². The van der Waals surface area contributed by atoms with E-state index in [0.29, 0.717) is 0 Å². The molecule has 2 bridgehead atoms. The zero-order valence-electron chi connectivity index (χ0n) is 14.1. The number of alkyl halides is 2. The molecule has 0 spiro atoms. The highest BCUT2D eigenvalue weighted by atomic mass is 32.2. The Bertz CT molecular complexity index is 651. The number of esters is 1. The predicted octanol–water partition coefficient (Wildman–Crippen LogP) is 0.698. The van der Waals surface area contributed by atoms with Crippen LogP contribution in [-0.4, -0.2) is 62.2 Å². The number of rotatable bonds is 5. The summed E-state index contributed by atoms with van der Waals surface area (Å²) in [4.78, 5) is 11.5. The predicted molar refractivity (Wildman–Crippen MR) is 83.9 cm³/mol. The van der Waals surface area contributed by atoms with Crippen LogP contribution in [0.5, 0.6) is 0 Å². The Morgan fingerprint density at radius 2 is 1.64 bits per heavy atom. The van der Waals surface area contributed by atoms with Crippen molar-refractivity contribution >= 4 is 27.8 Å². The lowest BCUT2D eigenvalue weighted by Crippen LogP contribution is -2.55. The van der Waals surface area contributed by atoms with E-state index in [1.165, 1.54) is 25.6 Å². The molecule has 25 heavy (non-hydrogen) atoms. The zero-order valence-corrected chi connectivity index (χ0v) is 15.7. The second-order valence-electron chi connectivity index (χ2n) is 7.65. The number of fused-ring (bicyclic) bond motifs is 2. The number of carbonyl (C=O) groups excluding carboxylic acids is 1. The van der Waals surface area contributed by atoms with E-state index >= 15 is 0 Å². The molecule has 0 amide bonds. The molecule has 0 aromatic carbocycles. The molecular formula is C14H21F2O7S2-. The fourth-order valence-electron chi connectivity index (χ4n) is 3.85. The van der Waals surface area contributed by atoms with Gasteiger partial charge in [-0.05, 0) is 34.1 Å². The molecule has 2 fully saturated rings. The first-order valence-electron chi connectivity index (χ1n) is 7.62. The van der Waals surface area contributed by atoms with Gasteiger partial charge in [0.05, 0.1) is 11.2 Å². The van der Waals surface area contributed by atoms with Crippen molar-refractivity contribution in [2.24, 2.45) is 11.8 Å². The summed E-state index contributed by atoms with van der Waals surface area (Å²) in [5, 5.41) is 14.8. The SMILES string of the molecule is CC(C)(O)C1C2CC(OC(=O)C(F)(F)S(=O)(=O)[O-])C(S2)C1C(C)(C)O. The van der Waals surface area contributed by atoms with Gasteiger partial charge in [0, 0.05) is 22.3 Å². The van der Waals surface area contributed by atoms with Crippen LogP contribution in [0.1, 0.15) is 34.1 Å². The first kappa shape index (κ1) is 20.8. The highest BCUT2D eigenvalue weighted by Crippen LogP contribution is 2.60. The van der Waals surface area contributed by atoms with Crippen LogP contribution in [0.2, 0.25) is 0 Å². The Labute approximate surface area is 148 Å². The molecule has 0 aromatic heterocycles. The van der Waals surface area contributed by atoms with Gasteiger partial charge in [-0.15, -0.1) is 0 Å². The van der Waals surface area contributed by atoms with Crippen LogP contribution in [0.25, 0.3) is 0 Å². The molecule has 0 radical (unpaired) electrons. The average Bonchev–Trinajstić information content (AvgIpc) is 2.92. The van der Waals surface area contributed by atoms with Crippen molar-refractivity contribution in [3.05, 3.63) is 0 Å². The number of hydrogen-bond acceptors (Lipinski definition) is 8. The minimum Gasteiger partial charge on any atom is -0.743 e. The van der Waals surface area contributed by atoms with E-state index in [1.807, 2.05) is 0 Å². The van der Waals surface area contributed by atoms with Crippen molar-refractivity contribution < 1.29 is 41.5 Å². The number of aliphatic hydroxyl groups is 2. The molecule has 0 aliphatic carbocycles. The Hall–Kier alpha value is -0.490. The van der Waals surface area contributed by atoms with Gasteiger partial charge in [0.15, 0.2) is 10.1 Å². The number of halogens is 2. The average molecular weight is 403 g/mol. The van der Waals surface area contributed by atoms with Gasteiger partial charge in [-0.25, -0.2) is 13.2 Å². The van der Waals surface area contributed by atoms with E-state index < -0.39 is 49.8 Å². The number of hydrogen-bond donors (Lipinski definition) is 2. The Balaban J connectivity index is 2.25. The summed E-state index contributed by atoms with van der Waals surface area (Å²) in [6, 6.07) is 0. The van der Waals surface area contributed by atoms with Crippen molar-refractivity contribution in [3.8, 4) is 0 Å². The molecule has 2 N–H and O–H groups in total. The molecule has 7 nitrogen and oxygen atoms in total. The summed E-state index contributed by atoms with van der Waals surface area (Å²) in [5.74, 6) is -3.36. The van der Waals surface area contributed by atoms with Gasteiger partial charge in [-0.1, -0.05) is 0 Å². The maximum absolute atomic E-state index is 13.3. The summed E-state index contributed by atoms with van der Waals surface area (Å²) in [7, 11) is -6.19. The van der Waals surface area contributed by atoms with Crippen molar-refractivity contribution in [2.75, 3.05) is 0 Å². The van der Waals surface area contributed by atoms with Crippen molar-refractivity contribution in [1.82, 2.24) is 0 Å². The van der Waals surface area contributed by atoms with Crippen molar-refractivity contribution in [1.29, 1.82) is 0 Å². The molecule has 11 heteroatoms. The molecule has 2 rings (SSSR count). The molecular weight excluding hydrogens is 382 g/mol. The summed E-state index contributed by atoms with van der Waals surface area (Å²) < 4.78 is 63.0. The molecule has 5 unspecified atom stereocenters. The maximum atomic E-state index is 13.3. The molecule has 2 aliphatic rings. The third-order valence-electron chi connectivity index (χ3n) is 4.75. The van der Waals surface area contributed by atoms with E-state index in [2.05, 4.69) is 4.74 Å². The second-order valence-corrected chi connectivity index (χ2v) is 10.5. The summed E-state index contributed by atoms with van der Waals surface area (Å²) in [5.41, 5.74) is -2.45. The molecule has 5 atom stereocenters. The van der Waals surface area contributed by atoms with Gasteiger partial charge in [-0.2, -0.15) is 20.5 Å². The van der Waals surface area contributed by atoms with Crippen LogP contribution in [-0.2, 0) is 19.6 Å². The molecule has 0 aromatic rings. The largest absolute Gasteiger partial charge is 0.743 e. The number of ether oxygens (including phenoxy) is 1. The fraction of sp³-hybridized carbons (Fsp3) is 0.929. The second kappa shape index (κ2) is 6.01. The minimum atomic E-state index is -6.19. The smallest absolute Gasteiger partial charge is 0.428 e. The van der Waals surface area contributed by atoms with Gasteiger partial charge in [0.1, 0.15) is 6.10 Å². The first-order chi connectivity index (χ1) is 11.0. The highest BCUT2D eigenvalue weighted by Gasteiger charge is 2.63. The minimum absolute atomic E-state index is 0.122. The number of carbonyl (C=O) groups is 1. The third kappa shape index (κ3) is 3.66. The van der Waals surface area contributed by atoms with Crippen LogP contribution in [0.15, 0.2) is 0 Å². The van der Waals surface area contributed by atoms with E-state index in [9.17, 15) is 36.8 Å². The quantitative estimate of drug-likeness (QED) is 0.508. The fourth-order valence-corrected chi connectivity index (χ4v) is 6.49. The van der Waals surface area contributed by atoms with Gasteiger partial charge < -0.3 is 19.5 Å². The van der Waals surface area contributed by atoms with Crippen LogP contribution < -0.4 is 0 Å². The third-order valence-corrected chi connectivity index (χ3v) is 7.29. The van der Waals surface area contributed by atoms with Gasteiger partial charge in [0.2, 0.25) is 0 Å². The van der Waals surface area contributed by atoms with E-state index in [1.54, 1.807) is 13.8 Å². The molecule has 2 heterocycles. The molecule has 2 saturated heterocycles. The van der Waals surface area contributed by atoms with Gasteiger partial charge >= 0.3 is 11.2 Å². The normalized spacial score (nSPS) is 33.6. The lowest BCUT2D eigenvalue weighted by molar-refractivity contribution is -0.172. The highest BCUT2D eigenvalue weighted by molar-refractivity contribution is 8.01. The summed E-state index contributed by atoms with van der Waals surface area (Å²) in [6.45, 7) is 6.17. The van der Waals surface area contributed by atoms with Crippen LogP contribution in [0.4, 0.5) is 8.78 Å². The molecule has 2 aliphatic heterocycles. The summed E-state index contributed by atoms with van der Waals surface area (Å²) >= 11 is 1.30. The lowest BCUT2D eigenvalue weighted by atomic mass is 9.65. The van der Waals surface area contributed by atoms with Crippen molar-refractivity contribution in [2.45, 2.75) is 67.2 Å². The first-order valence-corrected chi connectivity index (χ1v) is 9.97. The Morgan fingerprint density at radius 3 is 2.04 bits per heavy atom. The summed E-state index contributed by atoms with van der Waals surface area (Å²) in [6.07, 6.45) is -0.956.